The number of fused-ring (bicyclic) bond motifs is 5. The summed E-state index contributed by atoms with van der Waals surface area (Å²) in [6, 6.07) is 17.2. The summed E-state index contributed by atoms with van der Waals surface area (Å²) in [4.78, 5) is 2.43. The first-order chi connectivity index (χ1) is 9.88. The second-order valence-corrected chi connectivity index (χ2v) is 5.19. The van der Waals surface area contributed by atoms with Gasteiger partial charge in [-0.25, -0.2) is 0 Å². The highest BCUT2D eigenvalue weighted by Gasteiger charge is 2.23. The second kappa shape index (κ2) is 4.30. The fourth-order valence-corrected chi connectivity index (χ4v) is 3.03. The molecule has 2 N–H and O–H groups in total. The van der Waals surface area contributed by atoms with Crippen LogP contribution < -0.4 is 4.90 Å². The van der Waals surface area contributed by atoms with Gasteiger partial charge in [-0.3, -0.25) is 10.2 Å². The van der Waals surface area contributed by atoms with Gasteiger partial charge in [-0.2, -0.15) is 0 Å². The van der Waals surface area contributed by atoms with Gasteiger partial charge >= 0.3 is 0 Å². The zero-order valence-electron chi connectivity index (χ0n) is 11.5. The van der Waals surface area contributed by atoms with Gasteiger partial charge in [0.25, 0.3) is 0 Å². The van der Waals surface area contributed by atoms with Crippen molar-refractivity contribution in [3.8, 4) is 22.5 Å². The number of anilines is 1. The van der Waals surface area contributed by atoms with Gasteiger partial charge in [-0.05, 0) is 18.6 Å². The fourth-order valence-electron chi connectivity index (χ4n) is 3.03. The first-order valence-corrected chi connectivity index (χ1v) is 7.07. The standard InChI is InChI=1S/C17H17N3/c1-2-20-11-12-7-3-4-8-13(12)16-17(19-18-16)14-9-5-6-10-15(14)20/h3-10,18-19H,2,11H2,1H3. The third-order valence-electron chi connectivity index (χ3n) is 4.11. The third-order valence-corrected chi connectivity index (χ3v) is 4.11. The van der Waals surface area contributed by atoms with Crippen molar-refractivity contribution in [2.45, 2.75) is 13.5 Å². The highest BCUT2D eigenvalue weighted by Crippen LogP contribution is 2.40. The van der Waals surface area contributed by atoms with E-state index in [9.17, 15) is 0 Å². The second-order valence-electron chi connectivity index (χ2n) is 5.19. The maximum Gasteiger partial charge on any atom is 0.0888 e. The van der Waals surface area contributed by atoms with E-state index in [-0.39, 0.29) is 0 Å². The van der Waals surface area contributed by atoms with Crippen LogP contribution in [-0.2, 0) is 6.54 Å². The molecule has 2 heterocycles. The maximum absolute atomic E-state index is 3.26. The largest absolute Gasteiger partial charge is 0.367 e. The van der Waals surface area contributed by atoms with Gasteiger partial charge in [0.15, 0.2) is 0 Å². The number of hydrogen-bond donors (Lipinski definition) is 2. The number of benzene rings is 2. The molecule has 0 saturated carbocycles. The number of aromatic amines is 2. The molecular formula is C17H17N3. The minimum atomic E-state index is 0.947. The van der Waals surface area contributed by atoms with E-state index >= 15 is 0 Å². The molecule has 1 aliphatic heterocycles. The number of hydrogen-bond acceptors (Lipinski definition) is 1. The van der Waals surface area contributed by atoms with Gasteiger partial charge < -0.3 is 4.90 Å². The lowest BCUT2D eigenvalue weighted by molar-refractivity contribution is 0.825. The van der Waals surface area contributed by atoms with Gasteiger partial charge in [0.1, 0.15) is 0 Å². The molecule has 0 spiro atoms. The van der Waals surface area contributed by atoms with Gasteiger partial charge in [-0.15, -0.1) is 0 Å². The minimum absolute atomic E-state index is 0.947. The average molecular weight is 263 g/mol. The number of nitrogens with one attached hydrogen (secondary N) is 2. The summed E-state index contributed by atoms with van der Waals surface area (Å²) in [5, 5.41) is 6.52. The zero-order chi connectivity index (χ0) is 13.5. The van der Waals surface area contributed by atoms with Crippen LogP contribution in [-0.4, -0.2) is 16.7 Å². The molecule has 3 nitrogen and oxygen atoms in total. The van der Waals surface area contributed by atoms with Gasteiger partial charge in [0, 0.05) is 29.9 Å². The molecule has 0 bridgehead atoms. The molecule has 3 heteroatoms. The SMILES string of the molecule is CCN1Cc2ccccc2-c2[nH][nH]c2-c2ccccc21. The van der Waals surface area contributed by atoms with Crippen LogP contribution in [0.25, 0.3) is 22.5 Å². The molecule has 100 valence electrons. The number of aromatic nitrogens is 2. The Kier molecular flexibility index (Phi) is 2.46. The van der Waals surface area contributed by atoms with Crippen LogP contribution in [0.3, 0.4) is 0 Å². The van der Waals surface area contributed by atoms with Crippen LogP contribution >= 0.6 is 0 Å². The lowest BCUT2D eigenvalue weighted by Gasteiger charge is -2.31. The summed E-state index contributed by atoms with van der Waals surface area (Å²) in [5.74, 6) is 0. The Balaban J connectivity index is 2.00. The predicted molar refractivity (Wildman–Crippen MR) is 82.7 cm³/mol. The molecular weight excluding hydrogens is 246 g/mol. The van der Waals surface area contributed by atoms with E-state index in [1.165, 1.54) is 33.8 Å². The normalized spacial score (nSPS) is 13.2. The highest BCUT2D eigenvalue weighted by molar-refractivity contribution is 5.88. The van der Waals surface area contributed by atoms with Crippen LogP contribution in [0, 0.1) is 0 Å². The van der Waals surface area contributed by atoms with E-state index in [1.54, 1.807) is 0 Å². The smallest absolute Gasteiger partial charge is 0.0888 e. The predicted octanol–water partition coefficient (Wildman–Crippen LogP) is 4.02. The molecule has 2 aromatic carbocycles. The average Bonchev–Trinajstić information content (AvgIpc) is 2.45. The van der Waals surface area contributed by atoms with Crippen molar-refractivity contribution >= 4 is 5.69 Å². The summed E-state index contributed by atoms with van der Waals surface area (Å²) in [6.45, 7) is 4.16. The third kappa shape index (κ3) is 1.53. The van der Waals surface area contributed by atoms with Crippen molar-refractivity contribution in [2.24, 2.45) is 0 Å². The molecule has 0 saturated heterocycles. The molecule has 20 heavy (non-hydrogen) atoms. The Labute approximate surface area is 118 Å². The van der Waals surface area contributed by atoms with Gasteiger partial charge in [-0.1, -0.05) is 42.5 Å². The Hall–Kier alpha value is -2.42. The van der Waals surface area contributed by atoms with Crippen molar-refractivity contribution < 1.29 is 0 Å². The molecule has 1 aromatic heterocycles. The van der Waals surface area contributed by atoms with E-state index in [0.717, 1.165) is 13.1 Å². The van der Waals surface area contributed by atoms with Crippen molar-refractivity contribution in [1.29, 1.82) is 0 Å². The number of nitrogens with zero attached hydrogens (tertiary/aromatic N) is 1. The van der Waals surface area contributed by atoms with Gasteiger partial charge in [0.2, 0.25) is 0 Å². The van der Waals surface area contributed by atoms with Gasteiger partial charge in [0.05, 0.1) is 11.4 Å². The van der Waals surface area contributed by atoms with Crippen LogP contribution in [0.15, 0.2) is 48.5 Å². The molecule has 0 fully saturated rings. The lowest BCUT2D eigenvalue weighted by Crippen LogP contribution is -2.25. The first-order valence-electron chi connectivity index (χ1n) is 7.07. The maximum atomic E-state index is 3.26. The molecule has 0 amide bonds. The summed E-state index contributed by atoms with van der Waals surface area (Å²) >= 11 is 0. The van der Waals surface area contributed by atoms with Crippen molar-refractivity contribution in [3.63, 3.8) is 0 Å². The number of para-hydroxylation sites is 1. The van der Waals surface area contributed by atoms with Crippen LogP contribution in [0.4, 0.5) is 5.69 Å². The topological polar surface area (TPSA) is 34.8 Å². The first kappa shape index (κ1) is 11.4. The number of rotatable bonds is 1. The molecule has 0 atom stereocenters. The van der Waals surface area contributed by atoms with Crippen molar-refractivity contribution in [3.05, 3.63) is 54.1 Å². The van der Waals surface area contributed by atoms with Crippen molar-refractivity contribution in [2.75, 3.05) is 11.4 Å². The molecule has 1 aliphatic rings. The van der Waals surface area contributed by atoms with E-state index in [1.807, 2.05) is 0 Å². The summed E-state index contributed by atoms with van der Waals surface area (Å²) in [6.07, 6.45) is 0. The molecule has 0 radical (unpaired) electrons. The minimum Gasteiger partial charge on any atom is -0.367 e. The Morgan fingerprint density at radius 1 is 0.900 bits per heavy atom. The monoisotopic (exact) mass is 263 g/mol. The summed E-state index contributed by atoms with van der Waals surface area (Å²) in [5.41, 5.74) is 7.65. The lowest BCUT2D eigenvalue weighted by atomic mass is 9.95. The summed E-state index contributed by atoms with van der Waals surface area (Å²) < 4.78 is 0. The van der Waals surface area contributed by atoms with E-state index in [0.29, 0.717) is 0 Å². The fraction of sp³-hybridized carbons (Fsp3) is 0.176. The van der Waals surface area contributed by atoms with Crippen molar-refractivity contribution in [1.82, 2.24) is 10.2 Å². The Morgan fingerprint density at radius 3 is 2.30 bits per heavy atom. The van der Waals surface area contributed by atoms with Crippen LogP contribution in [0.2, 0.25) is 0 Å². The Morgan fingerprint density at radius 2 is 1.55 bits per heavy atom. The van der Waals surface area contributed by atoms with Crippen LogP contribution in [0.1, 0.15) is 12.5 Å². The van der Waals surface area contributed by atoms with Crippen LogP contribution in [0.5, 0.6) is 0 Å². The molecule has 4 rings (SSSR count). The Bertz CT molecular complexity index is 751. The molecule has 0 unspecified atom stereocenters. The molecule has 3 aromatic rings. The summed E-state index contributed by atoms with van der Waals surface area (Å²) in [7, 11) is 0. The molecule has 0 aliphatic carbocycles. The highest BCUT2D eigenvalue weighted by atomic mass is 15.2. The van der Waals surface area contributed by atoms with E-state index in [4.69, 9.17) is 0 Å². The van der Waals surface area contributed by atoms with E-state index < -0.39 is 0 Å². The quantitative estimate of drug-likeness (QED) is 0.683. The number of H-pyrrole nitrogens is 2. The zero-order valence-corrected chi connectivity index (χ0v) is 11.5. The van der Waals surface area contributed by atoms with E-state index in [2.05, 4.69) is 70.6 Å².